The quantitative estimate of drug-likeness (QED) is 0.399. The lowest BCUT2D eigenvalue weighted by atomic mass is 10.0. The fourth-order valence-electron chi connectivity index (χ4n) is 4.23. The van der Waals surface area contributed by atoms with Crippen molar-refractivity contribution in [3.8, 4) is 17.6 Å². The molecule has 1 saturated heterocycles. The maximum Gasteiger partial charge on any atom is 0.416 e. The first-order chi connectivity index (χ1) is 21.1. The molecule has 0 atom stereocenters. The number of amides is 2. The van der Waals surface area contributed by atoms with E-state index in [4.69, 9.17) is 4.74 Å². The molecule has 1 N–H and O–H groups in total. The molecule has 238 valence electrons. The maximum atomic E-state index is 13.7. The number of alkyl halides is 3. The molecule has 10 nitrogen and oxygen atoms in total. The Balaban J connectivity index is 1.45. The number of hydrogen-bond acceptors (Lipinski definition) is 8. The Kier molecular flexibility index (Phi) is 9.72. The monoisotopic (exact) mass is 643 g/mol. The largest absolute Gasteiger partial charge is 0.494 e. The third kappa shape index (κ3) is 8.30. The number of hydrogen-bond donors (Lipinski definition) is 1. The average molecular weight is 644 g/mol. The zero-order valence-corrected chi connectivity index (χ0v) is 25.9. The summed E-state index contributed by atoms with van der Waals surface area (Å²) in [6.07, 6.45) is -4.68. The summed E-state index contributed by atoms with van der Waals surface area (Å²) in [5.74, 6) is 5.07. The van der Waals surface area contributed by atoms with Crippen LogP contribution in [0.3, 0.4) is 0 Å². The normalized spacial score (nSPS) is 13.9. The van der Waals surface area contributed by atoms with Crippen LogP contribution in [0.25, 0.3) is 0 Å². The molecule has 45 heavy (non-hydrogen) atoms. The van der Waals surface area contributed by atoms with Gasteiger partial charge in [-0.1, -0.05) is 17.9 Å². The van der Waals surface area contributed by atoms with Crippen LogP contribution in [0.5, 0.6) is 5.75 Å². The molecule has 3 aromatic rings. The molecule has 2 heterocycles. The van der Waals surface area contributed by atoms with Gasteiger partial charge in [-0.2, -0.15) is 13.2 Å². The van der Waals surface area contributed by atoms with Gasteiger partial charge in [-0.05, 0) is 76.2 Å². The Morgan fingerprint density at radius 1 is 0.933 bits per heavy atom. The highest BCUT2D eigenvalue weighted by Gasteiger charge is 2.33. The van der Waals surface area contributed by atoms with Crippen molar-refractivity contribution in [2.45, 2.75) is 38.6 Å². The van der Waals surface area contributed by atoms with Gasteiger partial charge in [0.25, 0.3) is 11.8 Å². The van der Waals surface area contributed by atoms with E-state index >= 15 is 0 Å². The highest BCUT2D eigenvalue weighted by atomic mass is 32.2. The number of aromatic nitrogens is 2. The minimum absolute atomic E-state index is 0.0447. The molecule has 2 amide bonds. The summed E-state index contributed by atoms with van der Waals surface area (Å²) in [7, 11) is -3.94. The van der Waals surface area contributed by atoms with Gasteiger partial charge in [0.2, 0.25) is 10.0 Å². The van der Waals surface area contributed by atoms with Crippen molar-refractivity contribution in [1.29, 1.82) is 0 Å². The van der Waals surface area contributed by atoms with Crippen molar-refractivity contribution in [2.75, 3.05) is 37.7 Å². The van der Waals surface area contributed by atoms with Crippen LogP contribution in [0.4, 0.5) is 19.0 Å². The molecule has 1 aliphatic heterocycles. The fourth-order valence-corrected chi connectivity index (χ4v) is 4.88. The Labute approximate surface area is 259 Å². The van der Waals surface area contributed by atoms with E-state index in [9.17, 15) is 31.2 Å². The minimum atomic E-state index is -4.68. The van der Waals surface area contributed by atoms with Crippen LogP contribution in [-0.2, 0) is 16.2 Å². The summed E-state index contributed by atoms with van der Waals surface area (Å²) < 4.78 is 72.0. The fraction of sp³-hybridized carbons (Fsp3) is 0.355. The first kappa shape index (κ1) is 33.3. The van der Waals surface area contributed by atoms with E-state index < -0.39 is 38.3 Å². The van der Waals surface area contributed by atoms with Crippen LogP contribution < -0.4 is 14.4 Å². The molecule has 0 unspecified atom stereocenters. The number of sulfonamides is 1. The summed E-state index contributed by atoms with van der Waals surface area (Å²) in [6.45, 7) is 7.61. The van der Waals surface area contributed by atoms with Gasteiger partial charge < -0.3 is 14.5 Å². The van der Waals surface area contributed by atoms with Gasteiger partial charge in [-0.3, -0.25) is 9.59 Å². The molecular weight excluding hydrogens is 611 g/mol. The molecule has 0 radical (unpaired) electrons. The van der Waals surface area contributed by atoms with Crippen molar-refractivity contribution < 1.29 is 35.9 Å². The van der Waals surface area contributed by atoms with Gasteiger partial charge in [0.05, 0.1) is 16.9 Å². The number of anilines is 1. The van der Waals surface area contributed by atoms with Crippen LogP contribution in [0, 0.1) is 11.8 Å². The van der Waals surface area contributed by atoms with Crippen molar-refractivity contribution in [3.05, 3.63) is 82.5 Å². The second-order valence-corrected chi connectivity index (χ2v) is 13.5. The molecule has 0 aliphatic carbocycles. The van der Waals surface area contributed by atoms with Gasteiger partial charge in [0.1, 0.15) is 5.75 Å². The van der Waals surface area contributed by atoms with Gasteiger partial charge in [-0.15, -0.1) is 10.2 Å². The number of piperazine rings is 1. The molecule has 0 spiro atoms. The van der Waals surface area contributed by atoms with Gasteiger partial charge >= 0.3 is 6.18 Å². The average Bonchev–Trinajstić information content (AvgIpc) is 2.99. The highest BCUT2D eigenvalue weighted by molar-refractivity contribution is 7.91. The topological polar surface area (TPSA) is 122 Å². The standard InChI is InChI=1S/C31H32F3N5O5S/c1-5-44-25-8-6-7-21(19-25)9-10-22-17-23(20-24(18-22)31(32,33)34)29(41)39-15-13-38(14-16-39)27-12-11-26(35-36-27)28(40)37-45(42,43)30(2,3)4/h6-8,11-12,17-20H,5,13-16H2,1-4H3,(H,37,40). The predicted octanol–water partition coefficient (Wildman–Crippen LogP) is 4.11. The number of nitrogens with one attached hydrogen (secondary N) is 1. The molecule has 0 saturated carbocycles. The Morgan fingerprint density at radius 2 is 1.62 bits per heavy atom. The smallest absolute Gasteiger partial charge is 0.416 e. The summed E-state index contributed by atoms with van der Waals surface area (Å²) in [5.41, 5.74) is -0.705. The van der Waals surface area contributed by atoms with Crippen molar-refractivity contribution >= 4 is 27.7 Å². The third-order valence-electron chi connectivity index (χ3n) is 6.81. The van der Waals surface area contributed by atoms with Crippen LogP contribution in [-0.4, -0.2) is 72.9 Å². The Hall–Kier alpha value is -4.64. The van der Waals surface area contributed by atoms with E-state index in [1.807, 2.05) is 11.6 Å². The Bertz CT molecular complexity index is 1740. The number of halogens is 3. The first-order valence-corrected chi connectivity index (χ1v) is 15.5. The van der Waals surface area contributed by atoms with E-state index in [0.29, 0.717) is 36.8 Å². The first-order valence-electron chi connectivity index (χ1n) is 14.0. The molecule has 1 fully saturated rings. The number of nitrogens with zero attached hydrogens (tertiary/aromatic N) is 4. The van der Waals surface area contributed by atoms with E-state index in [0.717, 1.165) is 12.1 Å². The molecular formula is C31H32F3N5O5S. The number of carbonyl (C=O) groups is 2. The minimum Gasteiger partial charge on any atom is -0.494 e. The van der Waals surface area contributed by atoms with E-state index in [-0.39, 0.29) is 29.9 Å². The van der Waals surface area contributed by atoms with Crippen molar-refractivity contribution in [3.63, 3.8) is 0 Å². The van der Waals surface area contributed by atoms with Gasteiger partial charge in [0, 0.05) is 42.9 Å². The molecule has 0 bridgehead atoms. The second kappa shape index (κ2) is 13.2. The highest BCUT2D eigenvalue weighted by Crippen LogP contribution is 2.31. The number of carbonyl (C=O) groups excluding carboxylic acids is 2. The van der Waals surface area contributed by atoms with Crippen molar-refractivity contribution in [1.82, 2.24) is 19.8 Å². The number of rotatable bonds is 6. The van der Waals surface area contributed by atoms with Crippen LogP contribution >= 0.6 is 0 Å². The zero-order valence-electron chi connectivity index (χ0n) is 25.1. The molecule has 2 aromatic carbocycles. The van der Waals surface area contributed by atoms with E-state index in [1.54, 1.807) is 29.2 Å². The maximum absolute atomic E-state index is 13.7. The number of ether oxygens (including phenoxy) is 1. The molecule has 14 heteroatoms. The lowest BCUT2D eigenvalue weighted by Crippen LogP contribution is -2.49. The molecule has 4 rings (SSSR count). The second-order valence-electron chi connectivity index (χ2n) is 11.1. The van der Waals surface area contributed by atoms with Gasteiger partial charge in [-0.25, -0.2) is 13.1 Å². The van der Waals surface area contributed by atoms with Crippen LogP contribution in [0.2, 0.25) is 0 Å². The van der Waals surface area contributed by atoms with Crippen LogP contribution in [0.1, 0.15) is 65.2 Å². The van der Waals surface area contributed by atoms with Crippen molar-refractivity contribution in [2.24, 2.45) is 0 Å². The number of benzene rings is 2. The summed E-state index contributed by atoms with van der Waals surface area (Å²) in [6, 6.07) is 12.8. The Morgan fingerprint density at radius 3 is 2.22 bits per heavy atom. The lowest BCUT2D eigenvalue weighted by molar-refractivity contribution is -0.137. The zero-order chi connectivity index (χ0) is 33.0. The van der Waals surface area contributed by atoms with Crippen LogP contribution in [0.15, 0.2) is 54.6 Å². The summed E-state index contributed by atoms with van der Waals surface area (Å²) >= 11 is 0. The third-order valence-corrected chi connectivity index (χ3v) is 8.88. The summed E-state index contributed by atoms with van der Waals surface area (Å²) in [5, 5.41) is 7.87. The van der Waals surface area contributed by atoms with Gasteiger partial charge in [0.15, 0.2) is 11.5 Å². The molecule has 1 aromatic heterocycles. The van der Waals surface area contributed by atoms with E-state index in [2.05, 4.69) is 22.0 Å². The summed E-state index contributed by atoms with van der Waals surface area (Å²) in [4.78, 5) is 28.9. The molecule has 1 aliphatic rings. The lowest BCUT2D eigenvalue weighted by Gasteiger charge is -2.35. The van der Waals surface area contributed by atoms with E-state index in [1.165, 1.54) is 43.9 Å². The SMILES string of the molecule is CCOc1cccc(C#Cc2cc(C(=O)N3CCN(c4ccc(C(=O)NS(=O)(=O)C(C)(C)C)nn4)CC3)cc(C(F)(F)F)c2)c1. The predicted molar refractivity (Wildman–Crippen MR) is 161 cm³/mol.